The van der Waals surface area contributed by atoms with Crippen LogP contribution >= 0.6 is 0 Å². The second-order valence-corrected chi connectivity index (χ2v) is 10.2. The van der Waals surface area contributed by atoms with Crippen LogP contribution in [0.2, 0.25) is 0 Å². The second kappa shape index (κ2) is 7.81. The molecule has 2 aromatic carbocycles. The molecule has 1 amide bonds. The Labute approximate surface area is 189 Å². The van der Waals surface area contributed by atoms with E-state index < -0.39 is 0 Å². The molecule has 0 atom stereocenters. The predicted molar refractivity (Wildman–Crippen MR) is 128 cm³/mol. The van der Waals surface area contributed by atoms with Crippen LogP contribution in [0.3, 0.4) is 0 Å². The monoisotopic (exact) mass is 423 g/mol. The van der Waals surface area contributed by atoms with Crippen LogP contribution in [-0.2, 0) is 10.2 Å². The smallest absolute Gasteiger partial charge is 0.256 e. The maximum atomic E-state index is 13.2. The summed E-state index contributed by atoms with van der Waals surface area (Å²) in [6, 6.07) is 22.1. The van der Waals surface area contributed by atoms with Gasteiger partial charge >= 0.3 is 0 Å². The summed E-state index contributed by atoms with van der Waals surface area (Å²) in [4.78, 5) is 13.2. The number of furan rings is 1. The van der Waals surface area contributed by atoms with Gasteiger partial charge in [0.15, 0.2) is 0 Å². The van der Waals surface area contributed by atoms with Gasteiger partial charge in [-0.1, -0.05) is 42.5 Å². The summed E-state index contributed by atoms with van der Waals surface area (Å²) in [5, 5.41) is 3.11. The molecular formula is C29H29NO2. The van der Waals surface area contributed by atoms with Crippen molar-refractivity contribution in [1.29, 1.82) is 0 Å². The maximum Gasteiger partial charge on any atom is 0.256 e. The highest BCUT2D eigenvalue weighted by molar-refractivity contribution is 6.29. The Morgan fingerprint density at radius 1 is 0.844 bits per heavy atom. The van der Waals surface area contributed by atoms with Crippen LogP contribution in [0.5, 0.6) is 0 Å². The molecule has 4 fully saturated rings. The Bertz CT molecular complexity index is 1090. The van der Waals surface area contributed by atoms with E-state index >= 15 is 0 Å². The van der Waals surface area contributed by atoms with Gasteiger partial charge in [0.1, 0.15) is 5.76 Å². The zero-order valence-corrected chi connectivity index (χ0v) is 18.3. The van der Waals surface area contributed by atoms with Crippen LogP contribution in [0.15, 0.2) is 77.4 Å². The fourth-order valence-corrected chi connectivity index (χ4v) is 6.98. The maximum absolute atomic E-state index is 13.2. The second-order valence-electron chi connectivity index (χ2n) is 10.2. The Balaban J connectivity index is 1.23. The Morgan fingerprint density at radius 3 is 2.09 bits per heavy atom. The largest absolute Gasteiger partial charge is 0.465 e. The predicted octanol–water partition coefficient (Wildman–Crippen LogP) is 6.93. The van der Waals surface area contributed by atoms with Gasteiger partial charge in [-0.2, -0.15) is 0 Å². The molecule has 3 nitrogen and oxygen atoms in total. The molecule has 4 aliphatic rings. The van der Waals surface area contributed by atoms with Gasteiger partial charge in [-0.15, -0.1) is 0 Å². The van der Waals surface area contributed by atoms with Gasteiger partial charge in [0.2, 0.25) is 0 Å². The van der Waals surface area contributed by atoms with Crippen molar-refractivity contribution in [3.8, 4) is 0 Å². The summed E-state index contributed by atoms with van der Waals surface area (Å²) in [7, 11) is 0. The minimum absolute atomic E-state index is 0.129. The normalized spacial score (nSPS) is 28.6. The Hall–Kier alpha value is -3.07. The van der Waals surface area contributed by atoms with E-state index in [0.717, 1.165) is 29.0 Å². The van der Waals surface area contributed by atoms with Gasteiger partial charge in [-0.05, 0) is 103 Å². The molecule has 0 unspecified atom stereocenters. The number of benzene rings is 2. The van der Waals surface area contributed by atoms with Crippen LogP contribution in [-0.4, -0.2) is 5.91 Å². The number of hydrogen-bond donors (Lipinski definition) is 1. The van der Waals surface area contributed by atoms with Crippen LogP contribution in [0.1, 0.15) is 55.4 Å². The Kier molecular flexibility index (Phi) is 4.78. The summed E-state index contributed by atoms with van der Waals surface area (Å²) in [5.74, 6) is 3.33. The van der Waals surface area contributed by atoms with Crippen molar-refractivity contribution in [2.24, 2.45) is 17.8 Å². The molecule has 0 spiro atoms. The van der Waals surface area contributed by atoms with Gasteiger partial charge < -0.3 is 9.73 Å². The van der Waals surface area contributed by atoms with Crippen LogP contribution < -0.4 is 5.32 Å². The highest BCUT2D eigenvalue weighted by Gasteiger charge is 2.51. The SMILES string of the molecule is O=C(Nc1ccc(C23CC4CC(CC(C4)C2)C3)cc1)/C(=C/c1ccco1)c1ccccc1. The topological polar surface area (TPSA) is 42.2 Å². The van der Waals surface area contributed by atoms with E-state index in [4.69, 9.17) is 4.42 Å². The van der Waals surface area contributed by atoms with Crippen molar-refractivity contribution >= 4 is 23.2 Å². The number of rotatable bonds is 5. The van der Waals surface area contributed by atoms with Gasteiger partial charge in [-0.3, -0.25) is 4.79 Å². The number of hydrogen-bond acceptors (Lipinski definition) is 2. The Morgan fingerprint density at radius 2 is 1.50 bits per heavy atom. The van der Waals surface area contributed by atoms with E-state index in [9.17, 15) is 4.79 Å². The van der Waals surface area contributed by atoms with Crippen molar-refractivity contribution < 1.29 is 9.21 Å². The molecule has 3 heteroatoms. The molecular weight excluding hydrogens is 394 g/mol. The third-order valence-electron chi connectivity index (χ3n) is 7.95. The minimum Gasteiger partial charge on any atom is -0.465 e. The standard InChI is InChI=1S/C29H29NO2/c31-28(27(16-26-7-4-12-32-26)23-5-2-1-3-6-23)30-25-10-8-24(9-11-25)29-17-20-13-21(18-29)15-22(14-20)19-29/h1-12,16,20-22H,13-15,17-19H2,(H,30,31)/b27-16+. The lowest BCUT2D eigenvalue weighted by atomic mass is 9.48. The third kappa shape index (κ3) is 3.60. The average molecular weight is 424 g/mol. The van der Waals surface area contributed by atoms with E-state index in [1.54, 1.807) is 12.3 Å². The summed E-state index contributed by atoms with van der Waals surface area (Å²) < 4.78 is 5.46. The first-order chi connectivity index (χ1) is 15.7. The van der Waals surface area contributed by atoms with Gasteiger partial charge in [0.05, 0.1) is 11.8 Å². The molecule has 1 aromatic heterocycles. The van der Waals surface area contributed by atoms with E-state index in [1.807, 2.05) is 42.5 Å². The summed E-state index contributed by atoms with van der Waals surface area (Å²) in [6.07, 6.45) is 11.9. The molecule has 162 valence electrons. The third-order valence-corrected chi connectivity index (χ3v) is 7.95. The van der Waals surface area contributed by atoms with Crippen LogP contribution in [0, 0.1) is 17.8 Å². The summed E-state index contributed by atoms with van der Waals surface area (Å²) in [6.45, 7) is 0. The zero-order chi connectivity index (χ0) is 21.5. The lowest BCUT2D eigenvalue weighted by Crippen LogP contribution is -2.48. The number of nitrogens with one attached hydrogen (secondary N) is 1. The fraction of sp³-hybridized carbons (Fsp3) is 0.345. The first kappa shape index (κ1) is 19.6. The molecule has 3 aromatic rings. The van der Waals surface area contributed by atoms with E-state index in [2.05, 4.69) is 29.6 Å². The first-order valence-corrected chi connectivity index (χ1v) is 11.9. The molecule has 7 rings (SSSR count). The lowest BCUT2D eigenvalue weighted by Gasteiger charge is -2.57. The van der Waals surface area contributed by atoms with E-state index in [0.29, 0.717) is 16.7 Å². The highest BCUT2D eigenvalue weighted by atomic mass is 16.3. The molecule has 32 heavy (non-hydrogen) atoms. The van der Waals surface area contributed by atoms with Crippen molar-refractivity contribution in [3.63, 3.8) is 0 Å². The summed E-state index contributed by atoms with van der Waals surface area (Å²) in [5.41, 5.74) is 4.15. The number of anilines is 1. The molecule has 1 N–H and O–H groups in total. The number of carbonyl (C=O) groups excluding carboxylic acids is 1. The van der Waals surface area contributed by atoms with Crippen LogP contribution in [0.4, 0.5) is 5.69 Å². The molecule has 4 aliphatic carbocycles. The molecule has 4 bridgehead atoms. The number of carbonyl (C=O) groups is 1. The number of amides is 1. The average Bonchev–Trinajstić information content (AvgIpc) is 3.31. The first-order valence-electron chi connectivity index (χ1n) is 11.9. The van der Waals surface area contributed by atoms with Crippen molar-refractivity contribution in [2.75, 3.05) is 5.32 Å². The van der Waals surface area contributed by atoms with E-state index in [-0.39, 0.29) is 5.91 Å². The molecule has 0 aliphatic heterocycles. The molecule has 4 saturated carbocycles. The zero-order valence-electron chi connectivity index (χ0n) is 18.3. The minimum atomic E-state index is -0.129. The van der Waals surface area contributed by atoms with E-state index in [1.165, 1.54) is 44.1 Å². The fourth-order valence-electron chi connectivity index (χ4n) is 6.98. The van der Waals surface area contributed by atoms with Crippen LogP contribution in [0.25, 0.3) is 11.6 Å². The van der Waals surface area contributed by atoms with Crippen molar-refractivity contribution in [3.05, 3.63) is 89.9 Å². The van der Waals surface area contributed by atoms with Crippen molar-refractivity contribution in [1.82, 2.24) is 0 Å². The quantitative estimate of drug-likeness (QED) is 0.452. The molecule has 0 saturated heterocycles. The van der Waals surface area contributed by atoms with Gasteiger partial charge in [-0.25, -0.2) is 0 Å². The molecule has 0 radical (unpaired) electrons. The summed E-state index contributed by atoms with van der Waals surface area (Å²) >= 11 is 0. The van der Waals surface area contributed by atoms with Gasteiger partial charge in [0.25, 0.3) is 5.91 Å². The highest BCUT2D eigenvalue weighted by Crippen LogP contribution is 2.60. The molecule has 1 heterocycles. The van der Waals surface area contributed by atoms with Gasteiger partial charge in [0, 0.05) is 5.69 Å². The van der Waals surface area contributed by atoms with Crippen molar-refractivity contribution in [2.45, 2.75) is 43.9 Å². The lowest BCUT2D eigenvalue weighted by molar-refractivity contribution is -0.111.